The predicted molar refractivity (Wildman–Crippen MR) is 125 cm³/mol. The summed E-state index contributed by atoms with van der Waals surface area (Å²) in [5, 5.41) is 0.863. The minimum atomic E-state index is -0.298. The van der Waals surface area contributed by atoms with Crippen LogP contribution in [0.5, 0.6) is 11.5 Å². The van der Waals surface area contributed by atoms with Gasteiger partial charge in [-0.05, 0) is 66.5 Å². The molecule has 1 aliphatic carbocycles. The molecule has 168 valence electrons. The van der Waals surface area contributed by atoms with E-state index in [4.69, 9.17) is 19.2 Å². The number of rotatable bonds is 6. The first kappa shape index (κ1) is 22.1. The van der Waals surface area contributed by atoms with Crippen LogP contribution in [0, 0.1) is 11.3 Å². The Bertz CT molecular complexity index is 1100. The summed E-state index contributed by atoms with van der Waals surface area (Å²) in [6.45, 7) is 7.27. The van der Waals surface area contributed by atoms with Gasteiger partial charge in [-0.25, -0.2) is 4.79 Å². The van der Waals surface area contributed by atoms with Crippen molar-refractivity contribution in [3.63, 3.8) is 0 Å². The second-order valence-corrected chi connectivity index (χ2v) is 9.39. The largest absolute Gasteiger partial charge is 0.497 e. The number of hydrogen-bond donors (Lipinski definition) is 0. The molecule has 1 aliphatic rings. The van der Waals surface area contributed by atoms with Crippen molar-refractivity contribution in [3.8, 4) is 11.5 Å². The summed E-state index contributed by atoms with van der Waals surface area (Å²) in [4.78, 5) is 18.1. The average Bonchev–Trinajstić information content (AvgIpc) is 2.79. The molecule has 0 bridgehead atoms. The van der Waals surface area contributed by atoms with Gasteiger partial charge in [-0.2, -0.15) is 0 Å². The number of nitrogens with zero attached hydrogens (tertiary/aromatic N) is 1. The Kier molecular flexibility index (Phi) is 6.35. The Balaban J connectivity index is 1.52. The normalized spacial score (nSPS) is 15.8. The van der Waals surface area contributed by atoms with Crippen LogP contribution in [-0.4, -0.2) is 31.3 Å². The number of carbonyl (C=O) groups excluding carboxylic acids is 1. The van der Waals surface area contributed by atoms with Gasteiger partial charge in [0.2, 0.25) is 0 Å². The molecule has 1 unspecified atom stereocenters. The highest BCUT2D eigenvalue weighted by Gasteiger charge is 2.33. The van der Waals surface area contributed by atoms with Gasteiger partial charge < -0.3 is 14.2 Å². The molecular weight excluding hydrogens is 402 g/mol. The number of esters is 1. The number of para-hydroxylation sites is 1. The maximum absolute atomic E-state index is 13.3. The van der Waals surface area contributed by atoms with Gasteiger partial charge >= 0.3 is 5.97 Å². The fraction of sp³-hybridized carbons (Fsp3) is 0.407. The number of aromatic nitrogens is 1. The minimum absolute atomic E-state index is 0.177. The van der Waals surface area contributed by atoms with Crippen LogP contribution in [0.25, 0.3) is 10.9 Å². The van der Waals surface area contributed by atoms with Crippen LogP contribution in [0.3, 0.4) is 0 Å². The van der Waals surface area contributed by atoms with Crippen molar-refractivity contribution in [2.24, 2.45) is 11.3 Å². The van der Waals surface area contributed by atoms with E-state index in [-0.39, 0.29) is 24.6 Å². The number of hydrogen-bond acceptors (Lipinski definition) is 5. The number of ether oxygens (including phenoxy) is 3. The van der Waals surface area contributed by atoms with E-state index in [1.54, 1.807) is 7.11 Å². The lowest BCUT2D eigenvalue weighted by atomic mass is 9.70. The maximum Gasteiger partial charge on any atom is 0.339 e. The maximum atomic E-state index is 13.3. The number of aryl methyl sites for hydroxylation is 1. The summed E-state index contributed by atoms with van der Waals surface area (Å²) in [5.41, 5.74) is 3.78. The molecule has 1 aromatic heterocycles. The van der Waals surface area contributed by atoms with Crippen LogP contribution in [0.1, 0.15) is 48.8 Å². The Labute approximate surface area is 189 Å². The standard InChI is InChI=1S/C27H31NO4/c1-27(2,3)18-9-14-24-22(17-18)25(21-7-5-6-8-23(21)28-24)26(29)32-16-15-31-20-12-10-19(30-4)11-13-20/h5-8,10-13,18H,9,14-17H2,1-4H3. The summed E-state index contributed by atoms with van der Waals surface area (Å²) in [6, 6.07) is 15.2. The monoisotopic (exact) mass is 433 g/mol. The highest BCUT2D eigenvalue weighted by Crippen LogP contribution is 2.39. The number of benzene rings is 2. The van der Waals surface area contributed by atoms with Crippen LogP contribution in [-0.2, 0) is 17.6 Å². The third kappa shape index (κ3) is 4.72. The Morgan fingerprint density at radius 3 is 2.47 bits per heavy atom. The number of carbonyl (C=O) groups is 1. The van der Waals surface area contributed by atoms with Crippen LogP contribution in [0.15, 0.2) is 48.5 Å². The third-order valence-electron chi connectivity index (χ3n) is 6.33. The molecular formula is C27H31NO4. The first-order valence-corrected chi connectivity index (χ1v) is 11.2. The van der Waals surface area contributed by atoms with E-state index in [1.165, 1.54) is 0 Å². The average molecular weight is 434 g/mol. The Morgan fingerprint density at radius 2 is 1.75 bits per heavy atom. The molecule has 2 aromatic carbocycles. The van der Waals surface area contributed by atoms with Gasteiger partial charge in [-0.15, -0.1) is 0 Å². The highest BCUT2D eigenvalue weighted by atomic mass is 16.6. The van der Waals surface area contributed by atoms with E-state index in [0.717, 1.165) is 47.2 Å². The molecule has 1 atom stereocenters. The van der Waals surface area contributed by atoms with Crippen molar-refractivity contribution in [3.05, 3.63) is 65.4 Å². The molecule has 5 nitrogen and oxygen atoms in total. The van der Waals surface area contributed by atoms with Gasteiger partial charge in [0.15, 0.2) is 0 Å². The molecule has 32 heavy (non-hydrogen) atoms. The van der Waals surface area contributed by atoms with E-state index in [1.807, 2.05) is 48.5 Å². The molecule has 3 aromatic rings. The van der Waals surface area contributed by atoms with Gasteiger partial charge in [-0.1, -0.05) is 39.0 Å². The topological polar surface area (TPSA) is 57.7 Å². The Morgan fingerprint density at radius 1 is 1.03 bits per heavy atom. The molecule has 0 amide bonds. The smallest absolute Gasteiger partial charge is 0.339 e. The summed E-state index contributed by atoms with van der Waals surface area (Å²) in [6.07, 6.45) is 2.83. The SMILES string of the molecule is COc1ccc(OCCOC(=O)c2c3c(nc4ccccc24)CCC(C(C)(C)C)C3)cc1. The van der Waals surface area contributed by atoms with Crippen molar-refractivity contribution in [2.45, 2.75) is 40.0 Å². The van der Waals surface area contributed by atoms with Crippen molar-refractivity contribution < 1.29 is 19.0 Å². The van der Waals surface area contributed by atoms with E-state index >= 15 is 0 Å². The van der Waals surface area contributed by atoms with E-state index in [9.17, 15) is 4.79 Å². The highest BCUT2D eigenvalue weighted by molar-refractivity contribution is 6.05. The fourth-order valence-corrected chi connectivity index (χ4v) is 4.40. The van der Waals surface area contributed by atoms with E-state index < -0.39 is 0 Å². The summed E-state index contributed by atoms with van der Waals surface area (Å²) in [7, 11) is 1.63. The molecule has 4 rings (SSSR count). The molecule has 0 saturated heterocycles. The van der Waals surface area contributed by atoms with E-state index in [2.05, 4.69) is 20.8 Å². The van der Waals surface area contributed by atoms with Gasteiger partial charge in [-0.3, -0.25) is 4.98 Å². The zero-order chi connectivity index (χ0) is 22.7. The van der Waals surface area contributed by atoms with Crippen molar-refractivity contribution in [1.82, 2.24) is 4.98 Å². The number of fused-ring (bicyclic) bond motifs is 2. The summed E-state index contributed by atoms with van der Waals surface area (Å²) < 4.78 is 16.5. The molecule has 0 fully saturated rings. The van der Waals surface area contributed by atoms with Gasteiger partial charge in [0.1, 0.15) is 24.7 Å². The van der Waals surface area contributed by atoms with Crippen LogP contribution >= 0.6 is 0 Å². The van der Waals surface area contributed by atoms with Gasteiger partial charge in [0, 0.05) is 11.1 Å². The van der Waals surface area contributed by atoms with Crippen LogP contribution in [0.2, 0.25) is 0 Å². The molecule has 0 N–H and O–H groups in total. The first-order valence-electron chi connectivity index (χ1n) is 11.2. The van der Waals surface area contributed by atoms with Crippen molar-refractivity contribution >= 4 is 16.9 Å². The van der Waals surface area contributed by atoms with Crippen molar-refractivity contribution in [2.75, 3.05) is 20.3 Å². The zero-order valence-electron chi connectivity index (χ0n) is 19.3. The predicted octanol–water partition coefficient (Wildman–Crippen LogP) is 5.63. The lowest BCUT2D eigenvalue weighted by Gasteiger charge is -2.35. The molecule has 5 heteroatoms. The molecule has 1 heterocycles. The first-order chi connectivity index (χ1) is 15.4. The Hall–Kier alpha value is -3.08. The van der Waals surface area contributed by atoms with Crippen LogP contribution in [0.4, 0.5) is 0 Å². The number of pyridine rings is 1. The fourth-order valence-electron chi connectivity index (χ4n) is 4.40. The molecule has 0 spiro atoms. The second-order valence-electron chi connectivity index (χ2n) is 9.39. The summed E-state index contributed by atoms with van der Waals surface area (Å²) >= 11 is 0. The molecule has 0 saturated carbocycles. The van der Waals surface area contributed by atoms with Gasteiger partial charge in [0.05, 0.1) is 18.2 Å². The molecule has 0 aliphatic heterocycles. The van der Waals surface area contributed by atoms with Crippen molar-refractivity contribution in [1.29, 1.82) is 0 Å². The lowest BCUT2D eigenvalue weighted by molar-refractivity contribution is 0.0450. The second kappa shape index (κ2) is 9.19. The van der Waals surface area contributed by atoms with Gasteiger partial charge in [0.25, 0.3) is 0 Å². The minimum Gasteiger partial charge on any atom is -0.497 e. The summed E-state index contributed by atoms with van der Waals surface area (Å²) in [5.74, 6) is 1.68. The zero-order valence-corrected chi connectivity index (χ0v) is 19.3. The lowest BCUT2D eigenvalue weighted by Crippen LogP contribution is -2.29. The third-order valence-corrected chi connectivity index (χ3v) is 6.33. The quantitative estimate of drug-likeness (QED) is 0.372. The van der Waals surface area contributed by atoms with Crippen LogP contribution < -0.4 is 9.47 Å². The number of methoxy groups -OCH3 is 1. The van der Waals surface area contributed by atoms with E-state index in [0.29, 0.717) is 17.2 Å². The molecule has 0 radical (unpaired) electrons.